The zero-order chi connectivity index (χ0) is 18.6. The summed E-state index contributed by atoms with van der Waals surface area (Å²) in [6.07, 6.45) is -2.61. The van der Waals surface area contributed by atoms with Crippen molar-refractivity contribution in [2.45, 2.75) is 6.18 Å². The van der Waals surface area contributed by atoms with Gasteiger partial charge in [-0.25, -0.2) is 0 Å². The summed E-state index contributed by atoms with van der Waals surface area (Å²) in [5.41, 5.74) is 1.66. The van der Waals surface area contributed by atoms with E-state index in [4.69, 9.17) is 0 Å². The largest absolute Gasteiger partial charge is 0.405 e. The van der Waals surface area contributed by atoms with E-state index in [0.29, 0.717) is 10.9 Å². The van der Waals surface area contributed by atoms with Gasteiger partial charge in [-0.2, -0.15) is 23.4 Å². The minimum Gasteiger partial charge on any atom is -0.342 e. The molecule has 0 unspecified atom stereocenters. The number of carbonyl (C=O) groups is 1. The highest BCUT2D eigenvalue weighted by molar-refractivity contribution is 6.04. The lowest BCUT2D eigenvalue weighted by molar-refractivity contribution is -0.123. The quantitative estimate of drug-likeness (QED) is 0.511. The maximum atomic E-state index is 11.9. The summed E-state index contributed by atoms with van der Waals surface area (Å²) in [6, 6.07) is 14.7. The van der Waals surface area contributed by atoms with Crippen LogP contribution in [0.1, 0.15) is 10.5 Å². The highest BCUT2D eigenvalue weighted by Crippen LogP contribution is 2.16. The summed E-state index contributed by atoms with van der Waals surface area (Å²) < 4.78 is 35.8. The third-order valence-electron chi connectivity index (χ3n) is 3.48. The van der Waals surface area contributed by atoms with Crippen LogP contribution in [-0.4, -0.2) is 39.0 Å². The molecule has 0 fully saturated rings. The van der Waals surface area contributed by atoms with Crippen LogP contribution in [0.15, 0.2) is 54.7 Å². The van der Waals surface area contributed by atoms with Gasteiger partial charge in [0, 0.05) is 10.8 Å². The van der Waals surface area contributed by atoms with Gasteiger partial charge in [0.05, 0.1) is 17.2 Å². The third kappa shape index (κ3) is 4.18. The Morgan fingerprint density at radius 2 is 1.69 bits per heavy atom. The molecule has 0 atom stereocenters. The predicted molar refractivity (Wildman–Crippen MR) is 90.6 cm³/mol. The summed E-state index contributed by atoms with van der Waals surface area (Å²) in [5, 5.41) is 16.4. The normalized spacial score (nSPS) is 11.2. The number of para-hydroxylation sites is 2. The van der Waals surface area contributed by atoms with Crippen LogP contribution in [0.5, 0.6) is 0 Å². The lowest BCUT2D eigenvalue weighted by atomic mass is 10.2. The molecular formula is C17H14F3N5O. The van der Waals surface area contributed by atoms with Gasteiger partial charge in [0.15, 0.2) is 5.69 Å². The highest BCUT2D eigenvalue weighted by Gasteiger charge is 2.28. The Labute approximate surface area is 145 Å². The number of benzene rings is 2. The fourth-order valence-corrected chi connectivity index (χ4v) is 2.28. The van der Waals surface area contributed by atoms with Crippen LogP contribution in [0.3, 0.4) is 0 Å². The van der Waals surface area contributed by atoms with Crippen molar-refractivity contribution in [1.29, 1.82) is 0 Å². The number of halogens is 3. The van der Waals surface area contributed by atoms with Gasteiger partial charge in [-0.05, 0) is 12.1 Å². The predicted octanol–water partition coefficient (Wildman–Crippen LogP) is 3.42. The first-order valence-corrected chi connectivity index (χ1v) is 7.60. The molecule has 134 valence electrons. The third-order valence-corrected chi connectivity index (χ3v) is 3.48. The van der Waals surface area contributed by atoms with E-state index >= 15 is 0 Å². The number of hydrogen-bond acceptors (Lipinski definition) is 3. The number of hydrogen-bond donors (Lipinski definition) is 3. The van der Waals surface area contributed by atoms with Gasteiger partial charge in [-0.15, -0.1) is 0 Å². The lowest BCUT2D eigenvalue weighted by Gasteiger charge is -2.06. The maximum absolute atomic E-state index is 11.9. The molecule has 0 spiro atoms. The number of aromatic nitrogens is 4. The second-order valence-electron chi connectivity index (χ2n) is 5.37. The van der Waals surface area contributed by atoms with Crippen molar-refractivity contribution in [1.82, 2.24) is 25.7 Å². The van der Waals surface area contributed by atoms with Crippen LogP contribution in [0.4, 0.5) is 13.2 Å². The van der Waals surface area contributed by atoms with E-state index in [1.54, 1.807) is 29.6 Å². The van der Waals surface area contributed by atoms with Gasteiger partial charge in [0.2, 0.25) is 0 Å². The van der Waals surface area contributed by atoms with Crippen molar-refractivity contribution < 1.29 is 18.0 Å². The molecule has 0 bridgehead atoms. The van der Waals surface area contributed by atoms with Crippen molar-refractivity contribution in [2.75, 3.05) is 6.54 Å². The molecule has 1 amide bonds. The minimum absolute atomic E-state index is 0.0372. The first-order valence-electron chi connectivity index (χ1n) is 7.60. The van der Waals surface area contributed by atoms with Gasteiger partial charge in [-0.1, -0.05) is 36.4 Å². The zero-order valence-electron chi connectivity index (χ0n) is 13.3. The number of fused-ring (bicyclic) bond motifs is 2. The Bertz CT molecular complexity index is 992. The Morgan fingerprint density at radius 3 is 2.42 bits per heavy atom. The lowest BCUT2D eigenvalue weighted by Crippen LogP contribution is -2.33. The molecule has 3 N–H and O–H groups in total. The maximum Gasteiger partial charge on any atom is 0.405 e. The first kappa shape index (κ1) is 17.5. The molecule has 2 aromatic carbocycles. The van der Waals surface area contributed by atoms with Crippen LogP contribution < -0.4 is 5.32 Å². The van der Waals surface area contributed by atoms with Crippen LogP contribution >= 0.6 is 0 Å². The fourth-order valence-electron chi connectivity index (χ4n) is 2.28. The van der Waals surface area contributed by atoms with E-state index in [9.17, 15) is 18.0 Å². The summed E-state index contributed by atoms with van der Waals surface area (Å²) in [4.78, 5) is 11.5. The molecule has 26 heavy (non-hydrogen) atoms. The number of amides is 1. The molecule has 9 heteroatoms. The van der Waals surface area contributed by atoms with Crippen molar-refractivity contribution in [2.24, 2.45) is 0 Å². The van der Waals surface area contributed by atoms with Crippen LogP contribution in [0, 0.1) is 0 Å². The molecule has 0 saturated heterocycles. The zero-order valence-corrected chi connectivity index (χ0v) is 13.3. The van der Waals surface area contributed by atoms with E-state index in [2.05, 4.69) is 20.4 Å². The van der Waals surface area contributed by atoms with Gasteiger partial charge >= 0.3 is 6.18 Å². The number of alkyl halides is 3. The van der Waals surface area contributed by atoms with Gasteiger partial charge in [0.1, 0.15) is 6.54 Å². The van der Waals surface area contributed by atoms with Crippen LogP contribution in [-0.2, 0) is 0 Å². The van der Waals surface area contributed by atoms with E-state index in [1.165, 1.54) is 0 Å². The topological polar surface area (TPSA) is 86.5 Å². The first-order chi connectivity index (χ1) is 12.4. The molecule has 4 aromatic rings. The van der Waals surface area contributed by atoms with E-state index in [-0.39, 0.29) is 5.69 Å². The van der Waals surface area contributed by atoms with Gasteiger partial charge in [0.25, 0.3) is 5.91 Å². The molecule has 2 heterocycles. The summed E-state index contributed by atoms with van der Waals surface area (Å²) >= 11 is 0. The van der Waals surface area contributed by atoms with Crippen LogP contribution in [0.2, 0.25) is 0 Å². The van der Waals surface area contributed by atoms with Gasteiger partial charge < -0.3 is 5.32 Å². The molecule has 0 aliphatic rings. The monoisotopic (exact) mass is 361 g/mol. The highest BCUT2D eigenvalue weighted by atomic mass is 19.4. The molecule has 6 nitrogen and oxygen atoms in total. The van der Waals surface area contributed by atoms with Crippen molar-refractivity contribution in [3.05, 3.63) is 60.4 Å². The van der Waals surface area contributed by atoms with Crippen molar-refractivity contribution >= 4 is 27.7 Å². The fraction of sp³-hybridized carbons (Fsp3) is 0.118. The van der Waals surface area contributed by atoms with Crippen LogP contribution in [0.25, 0.3) is 21.8 Å². The van der Waals surface area contributed by atoms with Crippen molar-refractivity contribution in [3.8, 4) is 0 Å². The molecule has 4 rings (SSSR count). The minimum atomic E-state index is -4.43. The molecular weight excluding hydrogens is 347 g/mol. The van der Waals surface area contributed by atoms with Gasteiger partial charge in [-0.3, -0.25) is 15.0 Å². The average Bonchev–Trinajstić information content (AvgIpc) is 3.26. The number of aromatic amines is 2. The molecule has 0 radical (unpaired) electrons. The summed E-state index contributed by atoms with van der Waals surface area (Å²) in [7, 11) is 0. The SMILES string of the molecule is O=C(NCC(F)(F)F)c1n[nH]c2ccccc12.c1ccc2[nH]ncc2c1. The second-order valence-corrected chi connectivity index (χ2v) is 5.37. The Balaban J connectivity index is 0.000000181. The Hall–Kier alpha value is -3.36. The Kier molecular flexibility index (Phi) is 4.87. The number of carbonyl (C=O) groups excluding carboxylic acids is 1. The van der Waals surface area contributed by atoms with E-state index in [1.807, 2.05) is 30.5 Å². The smallest absolute Gasteiger partial charge is 0.342 e. The number of rotatable bonds is 2. The van der Waals surface area contributed by atoms with E-state index < -0.39 is 18.6 Å². The number of nitrogens with one attached hydrogen (secondary N) is 3. The second kappa shape index (κ2) is 7.26. The van der Waals surface area contributed by atoms with Crippen molar-refractivity contribution in [3.63, 3.8) is 0 Å². The Morgan fingerprint density at radius 1 is 1.00 bits per heavy atom. The summed E-state index contributed by atoms with van der Waals surface area (Å²) in [5.74, 6) is -0.847. The standard InChI is InChI=1S/C10H8F3N3O.C7H6N2/c11-10(12,13)5-14-9(17)8-6-3-1-2-4-7(6)15-16-8;1-2-4-7-6(3-1)5-8-9-7/h1-4H,5H2,(H,14,17)(H,15,16);1-5H,(H,8,9). The molecule has 0 aliphatic carbocycles. The molecule has 0 saturated carbocycles. The van der Waals surface area contributed by atoms with E-state index in [0.717, 1.165) is 10.9 Å². The number of H-pyrrole nitrogens is 2. The number of nitrogens with zero attached hydrogens (tertiary/aromatic N) is 2. The molecule has 0 aliphatic heterocycles. The molecule has 2 aromatic heterocycles. The summed E-state index contributed by atoms with van der Waals surface area (Å²) in [6.45, 7) is -1.37. The average molecular weight is 361 g/mol.